The number of likely N-dealkylation sites (tertiary alicyclic amines) is 1. The highest BCUT2D eigenvalue weighted by molar-refractivity contribution is 14.2. The lowest BCUT2D eigenvalue weighted by molar-refractivity contribution is 0.154. The topological polar surface area (TPSA) is 109 Å². The molecule has 0 aromatic heterocycles. The maximum atomic E-state index is 14.0. The second kappa shape index (κ2) is 11.9. The molecular weight excluding hydrogens is 623 g/mol. The van der Waals surface area contributed by atoms with Gasteiger partial charge in [-0.3, -0.25) is 4.90 Å². The van der Waals surface area contributed by atoms with E-state index in [0.717, 1.165) is 59.4 Å². The Morgan fingerprint density at radius 3 is 2.62 bits per heavy atom. The Morgan fingerprint density at radius 1 is 1.13 bits per heavy atom. The number of aliphatic hydroxyl groups excluding tert-OH is 1. The first-order valence-electron chi connectivity index (χ1n) is 12.7. The average Bonchev–Trinajstić information content (AvgIpc) is 3.54. The summed E-state index contributed by atoms with van der Waals surface area (Å²) in [6, 6.07) is 11.6. The predicted octanol–water partition coefficient (Wildman–Crippen LogP) is 4.21. The number of carbonyl (C=O) groups is 2. The molecule has 0 aliphatic carbocycles. The zero-order valence-electron chi connectivity index (χ0n) is 21.0. The number of rotatable bonds is 5. The van der Waals surface area contributed by atoms with Crippen LogP contribution in [0.2, 0.25) is 0 Å². The molecule has 2 aromatic carbocycles. The monoisotopic (exact) mass is 651 g/mol. The minimum absolute atomic E-state index is 0.189. The van der Waals surface area contributed by atoms with Gasteiger partial charge in [-0.2, -0.15) is 5.26 Å². The number of carbonyl (C=O) groups excluding carboxylic acids is 2. The van der Waals surface area contributed by atoms with E-state index in [0.29, 0.717) is 24.6 Å². The van der Waals surface area contributed by atoms with Crippen LogP contribution in [0.3, 0.4) is 0 Å². The van der Waals surface area contributed by atoms with E-state index in [4.69, 9.17) is 4.74 Å². The largest absolute Gasteiger partial charge is 0.433 e. The molecule has 0 radical (unpaired) electrons. The number of amides is 3. The molecule has 39 heavy (non-hydrogen) atoms. The van der Waals surface area contributed by atoms with Crippen LogP contribution in [0.15, 0.2) is 42.5 Å². The summed E-state index contributed by atoms with van der Waals surface area (Å²) >= 11 is -1.18. The van der Waals surface area contributed by atoms with Crippen molar-refractivity contribution in [3.63, 3.8) is 0 Å². The number of urea groups is 1. The molecule has 3 amide bonds. The maximum absolute atomic E-state index is 14.0. The highest BCUT2D eigenvalue weighted by Gasteiger charge is 2.47. The number of ether oxygens (including phenoxy) is 1. The Morgan fingerprint density at radius 2 is 1.90 bits per heavy atom. The maximum Gasteiger partial charge on any atom is 0.419 e. The van der Waals surface area contributed by atoms with Gasteiger partial charge in [0.25, 0.3) is 0 Å². The number of para-hydroxylation sites is 1. The van der Waals surface area contributed by atoms with Crippen LogP contribution in [0.4, 0.5) is 24.1 Å². The molecule has 0 spiro atoms. The van der Waals surface area contributed by atoms with Crippen LogP contribution in [0.25, 0.3) is 0 Å². The van der Waals surface area contributed by atoms with Crippen molar-refractivity contribution in [2.75, 3.05) is 31.1 Å². The highest BCUT2D eigenvalue weighted by atomic mass is 127. The van der Waals surface area contributed by atoms with Gasteiger partial charge in [-0.05, 0) is 69.8 Å². The van der Waals surface area contributed by atoms with E-state index in [1.165, 1.54) is 6.07 Å². The smallest absolute Gasteiger partial charge is 0.419 e. The van der Waals surface area contributed by atoms with E-state index in [-0.39, 0.29) is 11.6 Å². The number of imide groups is 1. The molecular formula is C27H28F2IN5O4. The fraction of sp³-hybridized carbons (Fsp3) is 0.407. The van der Waals surface area contributed by atoms with Crippen LogP contribution in [-0.2, 0) is 4.74 Å². The lowest BCUT2D eigenvalue weighted by Crippen LogP contribution is -2.49. The molecule has 3 atom stereocenters. The van der Waals surface area contributed by atoms with Crippen molar-refractivity contribution in [1.29, 1.82) is 5.26 Å². The zero-order chi connectivity index (χ0) is 27.5. The Balaban J connectivity index is 1.21. The van der Waals surface area contributed by atoms with Crippen LogP contribution in [0.5, 0.6) is 0 Å². The van der Waals surface area contributed by atoms with Gasteiger partial charge in [-0.25, -0.2) is 23.3 Å². The van der Waals surface area contributed by atoms with E-state index >= 15 is 0 Å². The lowest BCUT2D eigenvalue weighted by Gasteiger charge is -2.38. The Labute approximate surface area is 234 Å². The third-order valence-electron chi connectivity index (χ3n) is 7.51. The number of nitrogens with zero attached hydrogens (tertiary/aromatic N) is 4. The van der Waals surface area contributed by atoms with Gasteiger partial charge in [0.2, 0.25) is 0 Å². The third-order valence-corrected chi connectivity index (χ3v) is 9.48. The molecule has 3 aliphatic rings. The van der Waals surface area contributed by atoms with Crippen molar-refractivity contribution in [2.45, 2.75) is 41.5 Å². The SMILES string of the molecule is N#Cc1ccccc1N1CCC(N2CCC(NC(=O)N3C(=O)OC(I=CO)C3c3ccc(F)c(F)c3)C2)CC1. The number of alkyl halides is 1. The number of hydrogen-bond acceptors (Lipinski definition) is 7. The minimum Gasteiger partial charge on any atom is -0.433 e. The zero-order valence-corrected chi connectivity index (χ0v) is 23.1. The molecule has 3 heterocycles. The summed E-state index contributed by atoms with van der Waals surface area (Å²) in [6.45, 7) is 3.09. The van der Waals surface area contributed by atoms with Crippen LogP contribution in [0.1, 0.15) is 36.4 Å². The van der Waals surface area contributed by atoms with E-state index in [1.807, 2.05) is 24.3 Å². The quantitative estimate of drug-likeness (QED) is 0.369. The molecule has 3 saturated heterocycles. The van der Waals surface area contributed by atoms with Gasteiger partial charge >= 0.3 is 12.1 Å². The van der Waals surface area contributed by atoms with Crippen LogP contribution in [0, 0.1) is 23.0 Å². The molecule has 0 saturated carbocycles. The second-order valence-electron chi connectivity index (χ2n) is 9.72. The molecule has 2 aromatic rings. The van der Waals surface area contributed by atoms with E-state index in [9.17, 15) is 28.7 Å². The number of halogens is 3. The molecule has 3 aliphatic heterocycles. The summed E-state index contributed by atoms with van der Waals surface area (Å²) in [4.78, 5) is 31.5. The van der Waals surface area contributed by atoms with Crippen LogP contribution >= 0.6 is 20.7 Å². The van der Waals surface area contributed by atoms with Gasteiger partial charge in [0.15, 0.2) is 15.7 Å². The molecule has 3 unspecified atom stereocenters. The number of aliphatic hydroxyl groups is 1. The van der Waals surface area contributed by atoms with Crippen molar-refractivity contribution in [1.82, 2.24) is 15.1 Å². The molecule has 2 N–H and O–H groups in total. The van der Waals surface area contributed by atoms with Crippen molar-refractivity contribution < 1.29 is 28.2 Å². The first-order valence-corrected chi connectivity index (χ1v) is 15.2. The summed E-state index contributed by atoms with van der Waals surface area (Å²) in [6.07, 6.45) is 1.69. The van der Waals surface area contributed by atoms with Crippen molar-refractivity contribution >= 4 is 42.7 Å². The molecule has 0 bridgehead atoms. The fourth-order valence-corrected chi connectivity index (χ4v) is 7.41. The Kier molecular flexibility index (Phi) is 8.39. The van der Waals surface area contributed by atoms with Crippen molar-refractivity contribution in [3.05, 3.63) is 65.2 Å². The van der Waals surface area contributed by atoms with Gasteiger partial charge in [0.1, 0.15) is 12.1 Å². The van der Waals surface area contributed by atoms with Crippen molar-refractivity contribution in [3.8, 4) is 6.07 Å². The van der Waals surface area contributed by atoms with Gasteiger partial charge in [0, 0.05) is 38.3 Å². The van der Waals surface area contributed by atoms with Crippen LogP contribution < -0.4 is 10.2 Å². The molecule has 9 nitrogen and oxygen atoms in total. The van der Waals surface area contributed by atoms with E-state index in [1.54, 1.807) is 0 Å². The number of anilines is 1. The molecule has 206 valence electrons. The number of piperidine rings is 1. The summed E-state index contributed by atoms with van der Waals surface area (Å²) in [5.74, 6) is -2.13. The Hall–Kier alpha value is -3.15. The van der Waals surface area contributed by atoms with Gasteiger partial charge in [0.05, 0.1) is 15.4 Å². The summed E-state index contributed by atoms with van der Waals surface area (Å²) in [5.41, 5.74) is 1.85. The highest BCUT2D eigenvalue weighted by Crippen LogP contribution is 2.39. The normalized spacial score (nSPS) is 24.5. The summed E-state index contributed by atoms with van der Waals surface area (Å²) < 4.78 is 33.0. The average molecular weight is 651 g/mol. The third kappa shape index (κ3) is 5.75. The molecule has 12 heteroatoms. The second-order valence-corrected chi connectivity index (χ2v) is 12.2. The van der Waals surface area contributed by atoms with Crippen molar-refractivity contribution in [2.24, 2.45) is 0 Å². The Bertz CT molecular complexity index is 1310. The van der Waals surface area contributed by atoms with Gasteiger partial charge in [-0.1, -0.05) is 18.2 Å². The van der Waals surface area contributed by atoms with Gasteiger partial charge < -0.3 is 20.1 Å². The molecule has 5 rings (SSSR count). The van der Waals surface area contributed by atoms with Crippen LogP contribution in [-0.4, -0.2) is 73.6 Å². The summed E-state index contributed by atoms with van der Waals surface area (Å²) in [5, 5.41) is 21.7. The summed E-state index contributed by atoms with van der Waals surface area (Å²) in [7, 11) is 0. The number of hydrogen-bond donors (Lipinski definition) is 2. The first-order chi connectivity index (χ1) is 18.9. The first kappa shape index (κ1) is 27.4. The van der Waals surface area contributed by atoms with E-state index < -0.39 is 54.6 Å². The number of nitrogens with one attached hydrogen (secondary N) is 1. The number of cyclic esters (lactones) is 1. The lowest BCUT2D eigenvalue weighted by atomic mass is 10.0. The van der Waals surface area contributed by atoms with E-state index in [2.05, 4.69) is 21.2 Å². The molecule has 3 fully saturated rings. The fourth-order valence-electron chi connectivity index (χ4n) is 5.60. The predicted molar refractivity (Wildman–Crippen MR) is 148 cm³/mol. The van der Waals surface area contributed by atoms with Gasteiger partial charge in [-0.15, -0.1) is 0 Å². The minimum atomic E-state index is -1.18. The standard InChI is InChI=1S/C27H28F2IN5O4/c28-21-6-5-17(13-22(21)29)24-25(30-16-36)39-27(38)35(24)26(37)32-19-7-10-34(15-19)20-8-11-33(12-9-20)23-4-2-1-3-18(23)14-31/h1-6,13,16,19-20,24-25,36H,7-12,15H2,(H,32,37). The number of nitriles is 1. The number of benzene rings is 2.